The van der Waals surface area contributed by atoms with E-state index in [4.69, 9.17) is 4.74 Å². The molecule has 4 atom stereocenters. The number of alkyl carbamates (subject to hydrolysis) is 1. The van der Waals surface area contributed by atoms with E-state index in [9.17, 15) is 19.5 Å². The molecule has 2 saturated heterocycles. The lowest BCUT2D eigenvalue weighted by Gasteiger charge is -2.37. The quantitative estimate of drug-likeness (QED) is 0.795. The molecule has 0 aromatic rings. The van der Waals surface area contributed by atoms with Gasteiger partial charge in [0.15, 0.2) is 0 Å². The molecule has 2 aliphatic heterocycles. The highest BCUT2D eigenvalue weighted by Crippen LogP contribution is 2.35. The van der Waals surface area contributed by atoms with Crippen LogP contribution in [0.15, 0.2) is 0 Å². The van der Waals surface area contributed by atoms with Crippen molar-refractivity contribution in [2.45, 2.75) is 96.4 Å². The summed E-state index contributed by atoms with van der Waals surface area (Å²) >= 11 is 0. The standard InChI is InChI=1S/C19H32N2O5/c1-5-6-12-7-9-14(20-18(25)26-19(2,3)4)16(22)21-13(11-12)8-10-15(21)17(23)24/h12-15H,5-11H2,1-4H3,(H,20,25)(H,23,24)/t12-,13+,14-,15-/m0/s1. The van der Waals surface area contributed by atoms with Crippen LogP contribution in [0.2, 0.25) is 0 Å². The predicted octanol–water partition coefficient (Wildman–Crippen LogP) is 2.92. The fraction of sp³-hybridized carbons (Fsp3) is 0.842. The van der Waals surface area contributed by atoms with Crippen molar-refractivity contribution in [1.29, 1.82) is 0 Å². The minimum Gasteiger partial charge on any atom is -0.480 e. The molecule has 7 nitrogen and oxygen atoms in total. The van der Waals surface area contributed by atoms with E-state index < -0.39 is 29.7 Å². The van der Waals surface area contributed by atoms with Crippen molar-refractivity contribution in [3.63, 3.8) is 0 Å². The van der Waals surface area contributed by atoms with Crippen LogP contribution in [0.5, 0.6) is 0 Å². The van der Waals surface area contributed by atoms with Gasteiger partial charge in [0, 0.05) is 6.04 Å². The number of hydrogen-bond acceptors (Lipinski definition) is 4. The van der Waals surface area contributed by atoms with Crippen LogP contribution >= 0.6 is 0 Å². The smallest absolute Gasteiger partial charge is 0.408 e. The van der Waals surface area contributed by atoms with E-state index in [1.165, 1.54) is 4.90 Å². The Morgan fingerprint density at radius 3 is 2.50 bits per heavy atom. The number of ether oxygens (including phenoxy) is 1. The highest BCUT2D eigenvalue weighted by Gasteiger charge is 2.45. The highest BCUT2D eigenvalue weighted by molar-refractivity contribution is 5.90. The first-order valence-corrected chi connectivity index (χ1v) is 9.67. The number of carbonyl (C=O) groups is 3. The average molecular weight is 368 g/mol. The number of hydrogen-bond donors (Lipinski definition) is 2. The van der Waals surface area contributed by atoms with Gasteiger partial charge in [-0.05, 0) is 58.8 Å². The molecule has 2 heterocycles. The first-order valence-electron chi connectivity index (χ1n) is 9.67. The first kappa shape index (κ1) is 20.5. The maximum absolute atomic E-state index is 13.1. The summed E-state index contributed by atoms with van der Waals surface area (Å²) in [5.74, 6) is -0.818. The minimum atomic E-state index is -0.968. The molecule has 0 bridgehead atoms. The zero-order valence-electron chi connectivity index (χ0n) is 16.3. The maximum Gasteiger partial charge on any atom is 0.408 e. The van der Waals surface area contributed by atoms with E-state index in [-0.39, 0.29) is 11.9 Å². The van der Waals surface area contributed by atoms with Crippen LogP contribution in [0.1, 0.15) is 72.6 Å². The molecule has 0 aliphatic carbocycles. The van der Waals surface area contributed by atoms with Crippen molar-refractivity contribution in [3.8, 4) is 0 Å². The zero-order chi connectivity index (χ0) is 19.5. The van der Waals surface area contributed by atoms with Crippen LogP contribution in [-0.2, 0) is 14.3 Å². The predicted molar refractivity (Wildman–Crippen MR) is 96.7 cm³/mol. The Hall–Kier alpha value is -1.79. The van der Waals surface area contributed by atoms with Crippen LogP contribution in [0.25, 0.3) is 0 Å². The van der Waals surface area contributed by atoms with Crippen molar-refractivity contribution < 1.29 is 24.2 Å². The molecule has 2 N–H and O–H groups in total. The van der Waals surface area contributed by atoms with Gasteiger partial charge >= 0.3 is 12.1 Å². The molecule has 2 aliphatic rings. The van der Waals surface area contributed by atoms with E-state index >= 15 is 0 Å². The number of amides is 2. The number of fused-ring (bicyclic) bond motifs is 1. The van der Waals surface area contributed by atoms with Gasteiger partial charge < -0.3 is 20.1 Å². The Morgan fingerprint density at radius 2 is 1.92 bits per heavy atom. The normalized spacial score (nSPS) is 29.5. The van der Waals surface area contributed by atoms with Gasteiger partial charge in [-0.2, -0.15) is 0 Å². The van der Waals surface area contributed by atoms with E-state index in [0.29, 0.717) is 25.2 Å². The van der Waals surface area contributed by atoms with Gasteiger partial charge in [0.2, 0.25) is 5.91 Å². The van der Waals surface area contributed by atoms with Crippen LogP contribution < -0.4 is 5.32 Å². The Kier molecular flexibility index (Phi) is 6.53. The largest absolute Gasteiger partial charge is 0.480 e. The van der Waals surface area contributed by atoms with E-state index in [1.807, 2.05) is 0 Å². The summed E-state index contributed by atoms with van der Waals surface area (Å²) in [7, 11) is 0. The number of carboxylic acid groups (broad SMARTS) is 1. The number of nitrogens with one attached hydrogen (secondary N) is 1. The van der Waals surface area contributed by atoms with Crippen molar-refractivity contribution in [3.05, 3.63) is 0 Å². The van der Waals surface area contributed by atoms with Gasteiger partial charge in [-0.25, -0.2) is 9.59 Å². The molecule has 0 aromatic carbocycles. The Balaban J connectivity index is 2.19. The molecule has 0 aromatic heterocycles. The lowest BCUT2D eigenvalue weighted by Crippen LogP contribution is -2.56. The molecule has 148 valence electrons. The summed E-state index contributed by atoms with van der Waals surface area (Å²) in [6.45, 7) is 7.43. The van der Waals surface area contributed by atoms with Gasteiger partial charge in [-0.1, -0.05) is 19.8 Å². The second kappa shape index (κ2) is 8.27. The Labute approximate surface area is 155 Å². The lowest BCUT2D eigenvalue weighted by atomic mass is 9.86. The van der Waals surface area contributed by atoms with E-state index in [2.05, 4.69) is 12.2 Å². The third-order valence-corrected chi connectivity index (χ3v) is 5.20. The van der Waals surface area contributed by atoms with Gasteiger partial charge in [0.05, 0.1) is 0 Å². The van der Waals surface area contributed by atoms with Gasteiger partial charge in [0.25, 0.3) is 0 Å². The summed E-state index contributed by atoms with van der Waals surface area (Å²) in [6.07, 6.45) is 4.87. The molecule has 2 fully saturated rings. The highest BCUT2D eigenvalue weighted by atomic mass is 16.6. The molecule has 26 heavy (non-hydrogen) atoms. The van der Waals surface area contributed by atoms with E-state index in [0.717, 1.165) is 25.7 Å². The average Bonchev–Trinajstić information content (AvgIpc) is 2.91. The van der Waals surface area contributed by atoms with Crippen molar-refractivity contribution in [2.24, 2.45) is 5.92 Å². The minimum absolute atomic E-state index is 0.0524. The van der Waals surface area contributed by atoms with Gasteiger partial charge in [-0.15, -0.1) is 0 Å². The molecular formula is C19H32N2O5. The maximum atomic E-state index is 13.1. The van der Waals surface area contributed by atoms with Crippen molar-refractivity contribution in [1.82, 2.24) is 10.2 Å². The molecule has 0 radical (unpaired) electrons. The molecule has 2 rings (SSSR count). The van der Waals surface area contributed by atoms with Crippen LogP contribution in [0.3, 0.4) is 0 Å². The molecule has 7 heteroatoms. The fourth-order valence-electron chi connectivity index (χ4n) is 4.15. The number of rotatable bonds is 4. The summed E-state index contributed by atoms with van der Waals surface area (Å²) < 4.78 is 5.28. The lowest BCUT2D eigenvalue weighted by molar-refractivity contribution is -0.151. The summed E-state index contributed by atoms with van der Waals surface area (Å²) in [5.41, 5.74) is -0.653. The zero-order valence-corrected chi connectivity index (χ0v) is 16.3. The van der Waals surface area contributed by atoms with Crippen LogP contribution in [0.4, 0.5) is 4.79 Å². The topological polar surface area (TPSA) is 95.9 Å². The molecule has 0 unspecified atom stereocenters. The Bertz CT molecular complexity index is 543. The van der Waals surface area contributed by atoms with Crippen LogP contribution in [0, 0.1) is 5.92 Å². The third-order valence-electron chi connectivity index (χ3n) is 5.20. The number of carboxylic acids is 1. The SMILES string of the molecule is CCC[C@H]1CC[C@H](NC(=O)OC(C)(C)C)C(=O)N2[C@H](CC[C@H]2C(=O)O)C1. The third kappa shape index (κ3) is 5.11. The summed E-state index contributed by atoms with van der Waals surface area (Å²) in [6, 6.07) is -1.58. The van der Waals surface area contributed by atoms with Crippen molar-refractivity contribution in [2.75, 3.05) is 0 Å². The molecular weight excluding hydrogens is 336 g/mol. The second-order valence-corrected chi connectivity index (χ2v) is 8.50. The van der Waals surface area contributed by atoms with Crippen molar-refractivity contribution >= 4 is 18.0 Å². The first-order chi connectivity index (χ1) is 12.1. The number of nitrogens with zero attached hydrogens (tertiary/aromatic N) is 1. The van der Waals surface area contributed by atoms with Gasteiger partial charge in [-0.3, -0.25) is 4.79 Å². The number of aliphatic carboxylic acids is 1. The molecule has 2 amide bonds. The monoisotopic (exact) mass is 368 g/mol. The summed E-state index contributed by atoms with van der Waals surface area (Å²) in [4.78, 5) is 38.4. The number of carbonyl (C=O) groups excluding carboxylic acids is 2. The Morgan fingerprint density at radius 1 is 1.23 bits per heavy atom. The molecule has 0 saturated carbocycles. The van der Waals surface area contributed by atoms with E-state index in [1.54, 1.807) is 20.8 Å². The fourth-order valence-corrected chi connectivity index (χ4v) is 4.15. The van der Waals surface area contributed by atoms with Crippen LogP contribution in [-0.4, -0.2) is 51.7 Å². The second-order valence-electron chi connectivity index (χ2n) is 8.50. The summed E-state index contributed by atoms with van der Waals surface area (Å²) in [5, 5.41) is 12.2. The van der Waals surface area contributed by atoms with Gasteiger partial charge in [0.1, 0.15) is 17.7 Å². The molecule has 0 spiro atoms.